The lowest BCUT2D eigenvalue weighted by molar-refractivity contribution is 1.06. The molecule has 0 aliphatic heterocycles. The fourth-order valence-corrected chi connectivity index (χ4v) is 1.99. The third-order valence-corrected chi connectivity index (χ3v) is 3.68. The van der Waals surface area contributed by atoms with Crippen LogP contribution in [0.2, 0.25) is 0 Å². The summed E-state index contributed by atoms with van der Waals surface area (Å²) in [7, 11) is 0. The fraction of sp³-hybridized carbons (Fsp3) is 0.231. The highest BCUT2D eigenvalue weighted by atomic mass is 127. The second-order valence-corrected chi connectivity index (χ2v) is 4.77. The van der Waals surface area contributed by atoms with Crippen LogP contribution in [0.15, 0.2) is 30.3 Å². The predicted octanol–water partition coefficient (Wildman–Crippen LogP) is 3.49. The molecule has 2 rings (SSSR count). The van der Waals surface area contributed by atoms with Crippen LogP contribution in [0.1, 0.15) is 12.6 Å². The molecule has 0 radical (unpaired) electrons. The highest BCUT2D eigenvalue weighted by molar-refractivity contribution is 14.1. The van der Waals surface area contributed by atoms with Gasteiger partial charge in [0.15, 0.2) is 5.82 Å². The summed E-state index contributed by atoms with van der Waals surface area (Å²) >= 11 is 2.28. The number of nitrogens with zero attached hydrogens (tertiary/aromatic N) is 2. The average molecular weight is 339 g/mol. The van der Waals surface area contributed by atoms with Crippen LogP contribution in [0.4, 0.5) is 5.82 Å². The first-order valence-corrected chi connectivity index (χ1v) is 6.63. The van der Waals surface area contributed by atoms with Gasteiger partial charge < -0.3 is 5.32 Å². The number of nitrogens with one attached hydrogen (secondary N) is 1. The molecule has 0 unspecified atom stereocenters. The summed E-state index contributed by atoms with van der Waals surface area (Å²) in [5.74, 6) is 1.69. The maximum Gasteiger partial charge on any atom is 0.161 e. The van der Waals surface area contributed by atoms with Crippen molar-refractivity contribution in [1.82, 2.24) is 9.97 Å². The third-order valence-electron chi connectivity index (χ3n) is 2.39. The third kappa shape index (κ3) is 2.74. The van der Waals surface area contributed by atoms with Crippen LogP contribution < -0.4 is 5.32 Å². The van der Waals surface area contributed by atoms with E-state index in [-0.39, 0.29) is 0 Å². The Bertz CT molecular complexity index is 512. The maximum absolute atomic E-state index is 4.56. The molecule has 0 saturated carbocycles. The molecule has 1 heterocycles. The monoisotopic (exact) mass is 339 g/mol. The topological polar surface area (TPSA) is 37.8 Å². The van der Waals surface area contributed by atoms with Crippen molar-refractivity contribution in [2.24, 2.45) is 0 Å². The van der Waals surface area contributed by atoms with E-state index >= 15 is 0 Å². The van der Waals surface area contributed by atoms with E-state index in [4.69, 9.17) is 0 Å². The Balaban J connectivity index is 2.49. The Hall–Kier alpha value is -1.17. The summed E-state index contributed by atoms with van der Waals surface area (Å²) in [6.07, 6.45) is 0. The quantitative estimate of drug-likeness (QED) is 0.870. The molecule has 0 fully saturated rings. The van der Waals surface area contributed by atoms with Gasteiger partial charge in [-0.25, -0.2) is 9.97 Å². The standard InChI is InChI=1S/C13H14IN3/c1-3-15-13-11(14)9(2)16-12(17-13)10-7-5-4-6-8-10/h4-8H,3H2,1-2H3,(H,15,16,17). The lowest BCUT2D eigenvalue weighted by Gasteiger charge is -2.09. The minimum atomic E-state index is 0.777. The number of aromatic nitrogens is 2. The molecule has 1 N–H and O–H groups in total. The summed E-state index contributed by atoms with van der Waals surface area (Å²) in [6.45, 7) is 4.94. The molecule has 0 atom stereocenters. The van der Waals surface area contributed by atoms with E-state index in [1.807, 2.05) is 37.3 Å². The van der Waals surface area contributed by atoms with Crippen LogP contribution >= 0.6 is 22.6 Å². The van der Waals surface area contributed by atoms with Gasteiger partial charge in [0.05, 0.1) is 9.26 Å². The van der Waals surface area contributed by atoms with Gasteiger partial charge in [0, 0.05) is 12.1 Å². The molecule has 0 bridgehead atoms. The smallest absolute Gasteiger partial charge is 0.161 e. The van der Waals surface area contributed by atoms with E-state index in [1.165, 1.54) is 0 Å². The van der Waals surface area contributed by atoms with E-state index in [2.05, 4.69) is 44.8 Å². The molecular weight excluding hydrogens is 325 g/mol. The number of anilines is 1. The first-order valence-electron chi connectivity index (χ1n) is 5.55. The van der Waals surface area contributed by atoms with Gasteiger partial charge in [0.25, 0.3) is 0 Å². The van der Waals surface area contributed by atoms with E-state index in [1.54, 1.807) is 0 Å². The minimum Gasteiger partial charge on any atom is -0.369 e. The number of rotatable bonds is 3. The van der Waals surface area contributed by atoms with Gasteiger partial charge in [-0.1, -0.05) is 30.3 Å². The molecular formula is C13H14IN3. The van der Waals surface area contributed by atoms with Crippen molar-refractivity contribution in [3.63, 3.8) is 0 Å². The SMILES string of the molecule is CCNc1nc(-c2ccccc2)nc(C)c1I. The van der Waals surface area contributed by atoms with Gasteiger partial charge >= 0.3 is 0 Å². The van der Waals surface area contributed by atoms with Crippen molar-refractivity contribution < 1.29 is 0 Å². The van der Waals surface area contributed by atoms with Crippen molar-refractivity contribution in [2.45, 2.75) is 13.8 Å². The first kappa shape index (κ1) is 12.3. The molecule has 17 heavy (non-hydrogen) atoms. The zero-order valence-corrected chi connectivity index (χ0v) is 12.0. The summed E-state index contributed by atoms with van der Waals surface area (Å²) in [5.41, 5.74) is 2.06. The molecule has 3 nitrogen and oxygen atoms in total. The number of hydrogen-bond donors (Lipinski definition) is 1. The molecule has 0 spiro atoms. The number of aryl methyl sites for hydroxylation is 1. The zero-order chi connectivity index (χ0) is 12.3. The van der Waals surface area contributed by atoms with Crippen molar-refractivity contribution in [2.75, 3.05) is 11.9 Å². The largest absolute Gasteiger partial charge is 0.369 e. The molecule has 1 aromatic heterocycles. The fourth-order valence-electron chi connectivity index (χ4n) is 1.56. The Morgan fingerprint density at radius 3 is 2.53 bits per heavy atom. The minimum absolute atomic E-state index is 0.777. The van der Waals surface area contributed by atoms with Crippen LogP contribution in [-0.4, -0.2) is 16.5 Å². The lowest BCUT2D eigenvalue weighted by Crippen LogP contribution is -2.06. The van der Waals surface area contributed by atoms with Crippen LogP contribution in [0.5, 0.6) is 0 Å². The zero-order valence-electron chi connectivity index (χ0n) is 9.87. The molecule has 2 aromatic rings. The van der Waals surface area contributed by atoms with E-state index in [0.717, 1.165) is 33.0 Å². The molecule has 0 amide bonds. The van der Waals surface area contributed by atoms with Crippen molar-refractivity contribution >= 4 is 28.4 Å². The molecule has 88 valence electrons. The van der Waals surface area contributed by atoms with Gasteiger partial charge in [-0.2, -0.15) is 0 Å². The van der Waals surface area contributed by atoms with Crippen LogP contribution in [0.3, 0.4) is 0 Å². The first-order chi connectivity index (χ1) is 8.22. The van der Waals surface area contributed by atoms with Gasteiger partial charge in [0.1, 0.15) is 5.82 Å². The summed E-state index contributed by atoms with van der Waals surface area (Å²) in [6, 6.07) is 10.0. The van der Waals surface area contributed by atoms with E-state index < -0.39 is 0 Å². The van der Waals surface area contributed by atoms with Crippen molar-refractivity contribution in [1.29, 1.82) is 0 Å². The van der Waals surface area contributed by atoms with Crippen LogP contribution in [-0.2, 0) is 0 Å². The molecule has 1 aromatic carbocycles. The van der Waals surface area contributed by atoms with Gasteiger partial charge in [-0.15, -0.1) is 0 Å². The number of halogens is 1. The molecule has 0 aliphatic rings. The Kier molecular flexibility index (Phi) is 3.93. The second kappa shape index (κ2) is 5.44. The predicted molar refractivity (Wildman–Crippen MR) is 79.1 cm³/mol. The Labute approximate surface area is 115 Å². The van der Waals surface area contributed by atoms with Crippen molar-refractivity contribution in [3.05, 3.63) is 39.6 Å². The molecule has 0 aliphatic carbocycles. The van der Waals surface area contributed by atoms with Crippen LogP contribution in [0, 0.1) is 10.5 Å². The molecule has 4 heteroatoms. The Morgan fingerprint density at radius 2 is 1.88 bits per heavy atom. The number of hydrogen-bond acceptors (Lipinski definition) is 3. The van der Waals surface area contributed by atoms with E-state index in [0.29, 0.717) is 0 Å². The van der Waals surface area contributed by atoms with Gasteiger partial charge in [-0.05, 0) is 36.4 Å². The summed E-state index contributed by atoms with van der Waals surface area (Å²) in [4.78, 5) is 9.09. The summed E-state index contributed by atoms with van der Waals surface area (Å²) in [5, 5.41) is 3.27. The number of benzene rings is 1. The Morgan fingerprint density at radius 1 is 1.18 bits per heavy atom. The highest BCUT2D eigenvalue weighted by Gasteiger charge is 2.09. The summed E-state index contributed by atoms with van der Waals surface area (Å²) < 4.78 is 1.09. The van der Waals surface area contributed by atoms with Crippen molar-refractivity contribution in [3.8, 4) is 11.4 Å². The normalized spacial score (nSPS) is 10.3. The maximum atomic E-state index is 4.56. The lowest BCUT2D eigenvalue weighted by atomic mass is 10.2. The van der Waals surface area contributed by atoms with Crippen LogP contribution in [0.25, 0.3) is 11.4 Å². The van der Waals surface area contributed by atoms with Gasteiger partial charge in [0.2, 0.25) is 0 Å². The highest BCUT2D eigenvalue weighted by Crippen LogP contribution is 2.23. The molecule has 0 saturated heterocycles. The van der Waals surface area contributed by atoms with Gasteiger partial charge in [-0.3, -0.25) is 0 Å². The average Bonchev–Trinajstić information content (AvgIpc) is 2.36. The second-order valence-electron chi connectivity index (χ2n) is 3.69. The van der Waals surface area contributed by atoms with E-state index in [9.17, 15) is 0 Å².